The maximum Gasteiger partial charge on any atom is 0.135 e. The largest absolute Gasteiger partial charge is 0.456 e. The highest BCUT2D eigenvalue weighted by Gasteiger charge is 2.22. The van der Waals surface area contributed by atoms with Crippen LogP contribution in [-0.2, 0) is 0 Å². The number of fused-ring (bicyclic) bond motifs is 5. The Morgan fingerprint density at radius 3 is 1.63 bits per heavy atom. The lowest BCUT2D eigenvalue weighted by atomic mass is 9.81. The molecule has 8 aromatic carbocycles. The molecule has 238 valence electrons. The number of hydrogen-bond acceptors (Lipinski definition) is 2. The third-order valence-electron chi connectivity index (χ3n) is 9.84. The van der Waals surface area contributed by atoms with Gasteiger partial charge in [-0.1, -0.05) is 152 Å². The first-order valence-electron chi connectivity index (χ1n) is 19.0. The van der Waals surface area contributed by atoms with E-state index in [0.717, 1.165) is 76.9 Å². The van der Waals surface area contributed by atoms with Crippen LogP contribution in [-0.4, -0.2) is 4.98 Å². The number of furan rings is 1. The van der Waals surface area contributed by atoms with Gasteiger partial charge in [0, 0.05) is 28.7 Å². The van der Waals surface area contributed by atoms with Crippen LogP contribution in [0.5, 0.6) is 0 Å². The molecule has 0 aliphatic rings. The molecule has 0 amide bonds. The second-order valence-corrected chi connectivity index (χ2v) is 12.7. The first kappa shape index (κ1) is 25.2. The molecule has 10 aromatic rings. The van der Waals surface area contributed by atoms with Crippen molar-refractivity contribution in [1.82, 2.24) is 4.98 Å². The van der Waals surface area contributed by atoms with Gasteiger partial charge < -0.3 is 4.42 Å². The Balaban J connectivity index is 1.33. The average molecular weight is 654 g/mol. The minimum absolute atomic E-state index is 0.0641. The van der Waals surface area contributed by atoms with Crippen LogP contribution in [0.4, 0.5) is 0 Å². The quantitative estimate of drug-likeness (QED) is 0.173. The molecule has 0 unspecified atom stereocenters. The third-order valence-corrected chi connectivity index (χ3v) is 9.84. The Morgan fingerprint density at radius 2 is 0.941 bits per heavy atom. The van der Waals surface area contributed by atoms with Crippen molar-refractivity contribution in [2.24, 2.45) is 0 Å². The van der Waals surface area contributed by atoms with Crippen LogP contribution in [0.1, 0.15) is 5.48 Å². The Hall–Kier alpha value is -6.77. The smallest absolute Gasteiger partial charge is 0.135 e. The Bertz CT molecular complexity index is 3050. The minimum Gasteiger partial charge on any atom is -0.456 e. The second-order valence-electron chi connectivity index (χ2n) is 12.7. The molecule has 2 nitrogen and oxygen atoms in total. The lowest BCUT2D eigenvalue weighted by molar-refractivity contribution is 0.669. The third kappa shape index (κ3) is 4.84. The minimum atomic E-state index is -0.0694. The fourth-order valence-electron chi connectivity index (χ4n) is 7.57. The summed E-state index contributed by atoms with van der Waals surface area (Å²) in [5.41, 5.74) is 9.68. The van der Waals surface area contributed by atoms with Crippen LogP contribution < -0.4 is 0 Å². The van der Waals surface area contributed by atoms with Gasteiger partial charge in [0.1, 0.15) is 11.2 Å². The molecule has 0 atom stereocenters. The summed E-state index contributed by atoms with van der Waals surface area (Å²) in [5.74, 6) is 0. The zero-order chi connectivity index (χ0) is 37.2. The molecule has 0 aliphatic heterocycles. The zero-order valence-corrected chi connectivity index (χ0v) is 27.4. The number of hydrogen-bond donors (Lipinski definition) is 0. The maximum absolute atomic E-state index is 9.43. The number of aromatic nitrogens is 1. The summed E-state index contributed by atoms with van der Waals surface area (Å²) in [6.07, 6.45) is 3.68. The topological polar surface area (TPSA) is 26.0 Å². The number of nitrogens with zero attached hydrogens (tertiary/aromatic N) is 1. The van der Waals surface area contributed by atoms with Gasteiger partial charge in [-0.25, -0.2) is 0 Å². The molecule has 0 saturated heterocycles. The molecular formula is C49H31NO. The summed E-state index contributed by atoms with van der Waals surface area (Å²) in [4.78, 5) is 4.52. The van der Waals surface area contributed by atoms with Gasteiger partial charge in [0.2, 0.25) is 0 Å². The van der Waals surface area contributed by atoms with Crippen molar-refractivity contribution in [3.8, 4) is 55.6 Å². The van der Waals surface area contributed by atoms with Gasteiger partial charge in [-0.2, -0.15) is 0 Å². The number of rotatable bonds is 5. The summed E-state index contributed by atoms with van der Waals surface area (Å²) >= 11 is 0. The molecule has 0 radical (unpaired) electrons. The number of benzene rings is 8. The zero-order valence-electron chi connectivity index (χ0n) is 31.4. The molecule has 0 spiro atoms. The van der Waals surface area contributed by atoms with Gasteiger partial charge in [-0.05, 0) is 95.9 Å². The van der Waals surface area contributed by atoms with Crippen molar-refractivity contribution in [3.05, 3.63) is 188 Å². The highest BCUT2D eigenvalue weighted by molar-refractivity contribution is 6.24. The summed E-state index contributed by atoms with van der Waals surface area (Å²) in [6.45, 7) is 0. The monoisotopic (exact) mass is 653 g/mol. The first-order valence-corrected chi connectivity index (χ1v) is 17.0. The van der Waals surface area contributed by atoms with E-state index in [9.17, 15) is 5.48 Å². The van der Waals surface area contributed by atoms with E-state index in [2.05, 4.69) is 59.6 Å². The van der Waals surface area contributed by atoms with Crippen LogP contribution in [0.2, 0.25) is 0 Å². The summed E-state index contributed by atoms with van der Waals surface area (Å²) in [5, 5.41) is 5.65. The standard InChI is InChI=1S/C49H31NO/c1-2-12-32(13-3-1)33-23-25-34(26-24-33)47-40-16-4-6-18-42(40)49(43-19-7-5-17-41(43)47)48-37(20-10-21-38(48)36-14-11-29-50-31-36)35-27-28-46-44(30-35)39-15-8-9-22-45(39)51-46/h1-31H/i23D,24D,25D,26D. The highest BCUT2D eigenvalue weighted by atomic mass is 16.3. The molecule has 0 fully saturated rings. The number of pyridine rings is 1. The van der Waals surface area contributed by atoms with Crippen molar-refractivity contribution in [2.45, 2.75) is 0 Å². The van der Waals surface area contributed by atoms with E-state index in [0.29, 0.717) is 16.7 Å². The van der Waals surface area contributed by atoms with Crippen molar-refractivity contribution in [1.29, 1.82) is 0 Å². The van der Waals surface area contributed by atoms with E-state index in [-0.39, 0.29) is 29.7 Å². The van der Waals surface area contributed by atoms with Gasteiger partial charge in [-0.15, -0.1) is 0 Å². The Kier molecular flexibility index (Phi) is 5.93. The molecule has 2 heteroatoms. The SMILES string of the molecule is [2H]c1c([2H])c(-c2c3ccccc3c(-c3c(-c4cccnc4)cccc3-c3ccc4oc5ccccc5c4c3)c3ccccc23)c([2H])c([2H])c1-c1ccccc1. The van der Waals surface area contributed by atoms with E-state index < -0.39 is 0 Å². The predicted molar refractivity (Wildman–Crippen MR) is 214 cm³/mol. The lowest BCUT2D eigenvalue weighted by Gasteiger charge is -2.22. The van der Waals surface area contributed by atoms with Crippen LogP contribution in [0.15, 0.2) is 193 Å². The molecule has 0 bridgehead atoms. The summed E-state index contributed by atoms with van der Waals surface area (Å²) < 4.78 is 43.5. The molecule has 2 aromatic heterocycles. The van der Waals surface area contributed by atoms with Crippen molar-refractivity contribution < 1.29 is 9.90 Å². The summed E-state index contributed by atoms with van der Waals surface area (Å²) in [7, 11) is 0. The molecule has 0 N–H and O–H groups in total. The molecule has 2 heterocycles. The van der Waals surface area contributed by atoms with Gasteiger partial charge in [-0.3, -0.25) is 4.98 Å². The van der Waals surface area contributed by atoms with E-state index in [1.54, 1.807) is 6.20 Å². The van der Waals surface area contributed by atoms with E-state index >= 15 is 0 Å². The lowest BCUT2D eigenvalue weighted by Crippen LogP contribution is -1.95. The highest BCUT2D eigenvalue weighted by Crippen LogP contribution is 2.49. The molecule has 51 heavy (non-hydrogen) atoms. The molecule has 10 rings (SSSR count). The van der Waals surface area contributed by atoms with E-state index in [1.807, 2.05) is 103 Å². The molecular weight excluding hydrogens is 619 g/mol. The normalized spacial score (nSPS) is 12.6. The van der Waals surface area contributed by atoms with Crippen LogP contribution in [0.25, 0.3) is 99.1 Å². The predicted octanol–water partition coefficient (Wildman–Crippen LogP) is 13.6. The first-order chi connectivity index (χ1) is 27.0. The van der Waals surface area contributed by atoms with E-state index in [1.165, 1.54) is 0 Å². The molecule has 0 saturated carbocycles. The summed E-state index contributed by atoms with van der Waals surface area (Å²) in [6, 6.07) is 50.2. The average Bonchev–Trinajstić information content (AvgIpc) is 3.61. The fourth-order valence-corrected chi connectivity index (χ4v) is 7.57. The van der Waals surface area contributed by atoms with Crippen molar-refractivity contribution >= 4 is 43.5 Å². The van der Waals surface area contributed by atoms with Crippen LogP contribution in [0, 0.1) is 0 Å². The number of para-hydroxylation sites is 1. The Morgan fingerprint density at radius 1 is 0.373 bits per heavy atom. The van der Waals surface area contributed by atoms with Gasteiger partial charge >= 0.3 is 0 Å². The Labute approximate surface area is 301 Å². The van der Waals surface area contributed by atoms with Gasteiger partial charge in [0.15, 0.2) is 0 Å². The van der Waals surface area contributed by atoms with Crippen molar-refractivity contribution in [2.75, 3.05) is 0 Å². The van der Waals surface area contributed by atoms with Crippen LogP contribution >= 0.6 is 0 Å². The van der Waals surface area contributed by atoms with E-state index in [4.69, 9.17) is 4.42 Å². The maximum atomic E-state index is 9.43. The fraction of sp³-hybridized carbons (Fsp3) is 0. The van der Waals surface area contributed by atoms with Crippen LogP contribution in [0.3, 0.4) is 0 Å². The second kappa shape index (κ2) is 12.0. The molecule has 0 aliphatic carbocycles. The van der Waals surface area contributed by atoms with Crippen molar-refractivity contribution in [3.63, 3.8) is 0 Å². The van der Waals surface area contributed by atoms with Gasteiger partial charge in [0.25, 0.3) is 0 Å². The van der Waals surface area contributed by atoms with Gasteiger partial charge in [0.05, 0.1) is 5.48 Å².